The Morgan fingerprint density at radius 3 is 2.40 bits per heavy atom. The zero-order valence-corrected chi connectivity index (χ0v) is 22.5. The highest BCUT2D eigenvalue weighted by molar-refractivity contribution is 6.31. The van der Waals surface area contributed by atoms with Gasteiger partial charge >= 0.3 is 0 Å². The number of aromatic nitrogens is 4. The van der Waals surface area contributed by atoms with Gasteiger partial charge in [-0.2, -0.15) is 10.4 Å². The van der Waals surface area contributed by atoms with Crippen LogP contribution in [0.1, 0.15) is 17.0 Å². The molecule has 0 bridgehead atoms. The largest absolute Gasteiger partial charge is 0.489 e. The molecule has 4 aromatic carbocycles. The van der Waals surface area contributed by atoms with Crippen molar-refractivity contribution in [2.45, 2.75) is 6.61 Å². The molecule has 0 saturated heterocycles. The van der Waals surface area contributed by atoms with Crippen molar-refractivity contribution < 1.29 is 4.74 Å². The zero-order chi connectivity index (χ0) is 27.5. The SMILES string of the molecule is Cn1c(C(C#N)=Cc2cn(-c3ccccc3)nc2-c2ccc(OCc3ccccc3Cl)cc2)nc2ccccc21. The summed E-state index contributed by atoms with van der Waals surface area (Å²) < 4.78 is 9.74. The van der Waals surface area contributed by atoms with Gasteiger partial charge < -0.3 is 9.30 Å². The first-order valence-corrected chi connectivity index (χ1v) is 13.1. The molecule has 194 valence electrons. The second kappa shape index (κ2) is 10.9. The molecule has 6 nitrogen and oxygen atoms in total. The van der Waals surface area contributed by atoms with Crippen molar-refractivity contribution in [1.82, 2.24) is 19.3 Å². The van der Waals surface area contributed by atoms with Gasteiger partial charge in [0.2, 0.25) is 0 Å². The molecule has 0 amide bonds. The number of benzene rings is 4. The molecule has 6 aromatic rings. The van der Waals surface area contributed by atoms with Crippen LogP contribution in [0.4, 0.5) is 0 Å². The minimum absolute atomic E-state index is 0.374. The van der Waals surface area contributed by atoms with Crippen LogP contribution < -0.4 is 4.74 Å². The molecule has 6 rings (SSSR count). The maximum absolute atomic E-state index is 10.2. The Balaban J connectivity index is 1.38. The van der Waals surface area contributed by atoms with E-state index in [-0.39, 0.29) is 0 Å². The molecule has 40 heavy (non-hydrogen) atoms. The highest BCUT2D eigenvalue weighted by Crippen LogP contribution is 2.30. The summed E-state index contributed by atoms with van der Waals surface area (Å²) in [7, 11) is 1.92. The number of hydrogen-bond acceptors (Lipinski definition) is 4. The Hall–Kier alpha value is -5.12. The fourth-order valence-corrected chi connectivity index (χ4v) is 4.79. The van der Waals surface area contributed by atoms with Crippen LogP contribution in [-0.2, 0) is 13.7 Å². The van der Waals surface area contributed by atoms with Gasteiger partial charge in [0, 0.05) is 35.0 Å². The highest BCUT2D eigenvalue weighted by atomic mass is 35.5. The lowest BCUT2D eigenvalue weighted by molar-refractivity contribution is 0.306. The number of nitrogens with zero attached hydrogens (tertiary/aromatic N) is 5. The van der Waals surface area contributed by atoms with Crippen LogP contribution in [0.25, 0.3) is 39.6 Å². The molecular formula is C33H24ClN5O. The lowest BCUT2D eigenvalue weighted by Crippen LogP contribution is -1.96. The second-order valence-electron chi connectivity index (χ2n) is 9.27. The molecule has 0 fully saturated rings. The van der Waals surface area contributed by atoms with Gasteiger partial charge in [0.25, 0.3) is 0 Å². The number of ether oxygens (including phenoxy) is 1. The minimum Gasteiger partial charge on any atom is -0.489 e. The van der Waals surface area contributed by atoms with Crippen molar-refractivity contribution in [2.24, 2.45) is 7.05 Å². The first kappa shape index (κ1) is 25.2. The van der Waals surface area contributed by atoms with E-state index >= 15 is 0 Å². The molecule has 0 radical (unpaired) electrons. The Kier molecular flexibility index (Phi) is 6.88. The molecule has 0 N–H and O–H groups in total. The van der Waals surface area contributed by atoms with Crippen LogP contribution in [0.5, 0.6) is 5.75 Å². The van der Waals surface area contributed by atoms with Crippen LogP contribution in [0.3, 0.4) is 0 Å². The van der Waals surface area contributed by atoms with E-state index in [1.807, 2.05) is 132 Å². The van der Waals surface area contributed by atoms with Gasteiger partial charge in [-0.25, -0.2) is 9.67 Å². The van der Waals surface area contributed by atoms with Crippen LogP contribution in [0, 0.1) is 11.3 Å². The predicted molar refractivity (Wildman–Crippen MR) is 159 cm³/mol. The van der Waals surface area contributed by atoms with Gasteiger partial charge in [-0.1, -0.05) is 60.1 Å². The number of fused-ring (bicyclic) bond motifs is 1. The maximum atomic E-state index is 10.2. The Morgan fingerprint density at radius 2 is 1.65 bits per heavy atom. The number of halogens is 1. The fourth-order valence-electron chi connectivity index (χ4n) is 4.60. The average molecular weight is 542 g/mol. The van der Waals surface area contributed by atoms with E-state index in [0.717, 1.165) is 44.9 Å². The molecule has 0 unspecified atom stereocenters. The Bertz CT molecular complexity index is 1880. The molecule has 2 aromatic heterocycles. The summed E-state index contributed by atoms with van der Waals surface area (Å²) in [5, 5.41) is 15.7. The zero-order valence-electron chi connectivity index (χ0n) is 21.7. The maximum Gasteiger partial charge on any atom is 0.151 e. The van der Waals surface area contributed by atoms with Crippen LogP contribution >= 0.6 is 11.6 Å². The van der Waals surface area contributed by atoms with E-state index in [2.05, 4.69) is 6.07 Å². The molecule has 0 spiro atoms. The first-order valence-electron chi connectivity index (χ1n) is 12.8. The van der Waals surface area contributed by atoms with Crippen LogP contribution in [0.2, 0.25) is 5.02 Å². The van der Waals surface area contributed by atoms with Gasteiger partial charge in [-0.05, 0) is 60.7 Å². The smallest absolute Gasteiger partial charge is 0.151 e. The van der Waals surface area contributed by atoms with Gasteiger partial charge in [0.1, 0.15) is 18.4 Å². The third kappa shape index (κ3) is 4.98. The Labute approximate surface area is 237 Å². The molecule has 7 heteroatoms. The van der Waals surface area contributed by atoms with Crippen molar-refractivity contribution in [3.05, 3.63) is 131 Å². The quantitative estimate of drug-likeness (QED) is 0.194. The average Bonchev–Trinajstić information content (AvgIpc) is 3.57. The lowest BCUT2D eigenvalue weighted by Gasteiger charge is -2.08. The van der Waals surface area contributed by atoms with E-state index in [1.165, 1.54) is 0 Å². The molecule has 0 aliphatic carbocycles. The van der Waals surface area contributed by atoms with Gasteiger partial charge in [0.15, 0.2) is 5.82 Å². The van der Waals surface area contributed by atoms with Gasteiger partial charge in [-0.15, -0.1) is 0 Å². The standard InChI is InChI=1S/C33H24ClN5O/c1-38-31-14-8-7-13-30(31)36-33(38)25(20-35)19-26-21-39(27-10-3-2-4-11-27)37-32(26)23-15-17-28(18-16-23)40-22-24-9-5-6-12-29(24)34/h2-19,21H,22H2,1H3. The van der Waals surface area contributed by atoms with Crippen molar-refractivity contribution in [3.8, 4) is 28.8 Å². The number of allylic oxidation sites excluding steroid dienone is 1. The number of aryl methyl sites for hydroxylation is 1. The van der Waals surface area contributed by atoms with E-state index in [4.69, 9.17) is 26.4 Å². The van der Waals surface area contributed by atoms with Gasteiger partial charge in [-0.3, -0.25) is 0 Å². The first-order chi connectivity index (χ1) is 19.6. The molecule has 0 aliphatic rings. The Morgan fingerprint density at radius 1 is 0.925 bits per heavy atom. The highest BCUT2D eigenvalue weighted by Gasteiger charge is 2.16. The van der Waals surface area contributed by atoms with Crippen molar-refractivity contribution in [2.75, 3.05) is 0 Å². The lowest BCUT2D eigenvalue weighted by atomic mass is 10.1. The van der Waals surface area contributed by atoms with E-state index in [0.29, 0.717) is 23.0 Å². The van der Waals surface area contributed by atoms with Crippen molar-refractivity contribution >= 4 is 34.3 Å². The molecular weight excluding hydrogens is 518 g/mol. The topological polar surface area (TPSA) is 68.7 Å². The number of para-hydroxylation sites is 3. The van der Waals surface area contributed by atoms with E-state index in [9.17, 15) is 5.26 Å². The number of imidazole rings is 1. The summed E-state index contributed by atoms with van der Waals surface area (Å²) in [6.07, 6.45) is 3.79. The van der Waals surface area contributed by atoms with Crippen molar-refractivity contribution in [3.63, 3.8) is 0 Å². The number of nitriles is 1. The number of hydrogen-bond donors (Lipinski definition) is 0. The summed E-state index contributed by atoms with van der Waals surface area (Å²) in [4.78, 5) is 4.73. The summed E-state index contributed by atoms with van der Waals surface area (Å²) in [5.41, 5.74) is 6.54. The fraction of sp³-hybridized carbons (Fsp3) is 0.0606. The summed E-state index contributed by atoms with van der Waals surface area (Å²) >= 11 is 6.27. The summed E-state index contributed by atoms with van der Waals surface area (Å²) in [6.45, 7) is 0.374. The third-order valence-corrected chi connectivity index (χ3v) is 7.06. The van der Waals surface area contributed by atoms with Crippen molar-refractivity contribution in [1.29, 1.82) is 5.26 Å². The molecule has 2 heterocycles. The monoisotopic (exact) mass is 541 g/mol. The van der Waals surface area contributed by atoms with E-state index < -0.39 is 0 Å². The molecule has 0 saturated carbocycles. The van der Waals surface area contributed by atoms with Gasteiger partial charge in [0.05, 0.1) is 28.0 Å². The molecule has 0 atom stereocenters. The van der Waals surface area contributed by atoms with E-state index in [1.54, 1.807) is 0 Å². The predicted octanol–water partition coefficient (Wildman–Crippen LogP) is 7.72. The summed E-state index contributed by atoms with van der Waals surface area (Å²) in [5.74, 6) is 1.33. The number of rotatable bonds is 7. The summed E-state index contributed by atoms with van der Waals surface area (Å²) in [6, 6.07) is 35.5. The molecule has 0 aliphatic heterocycles. The minimum atomic E-state index is 0.374. The van der Waals surface area contributed by atoms with Crippen LogP contribution in [-0.4, -0.2) is 19.3 Å². The van der Waals surface area contributed by atoms with Crippen LogP contribution in [0.15, 0.2) is 109 Å². The normalized spacial score (nSPS) is 11.5. The third-order valence-electron chi connectivity index (χ3n) is 6.69. The second-order valence-corrected chi connectivity index (χ2v) is 9.68.